The molecule has 0 spiro atoms. The summed E-state index contributed by atoms with van der Waals surface area (Å²) in [5.74, 6) is -0.227. The molecule has 0 unspecified atom stereocenters. The van der Waals surface area contributed by atoms with E-state index in [2.05, 4.69) is 10.1 Å². The molecule has 136 valence electrons. The van der Waals surface area contributed by atoms with E-state index in [1.807, 2.05) is 42.5 Å². The number of carboxylic acids is 1. The first kappa shape index (κ1) is 16.6. The number of carbonyl (C=O) groups is 1. The van der Waals surface area contributed by atoms with Crippen LogP contribution in [-0.4, -0.2) is 25.8 Å². The number of rotatable bonds is 3. The number of halogens is 1. The SMILES string of the molecule is O=C(O)c1c(-c2cccc(Cl)c2)ccc2nn(-c3cc4ccccc4[nH]3)cc12. The lowest BCUT2D eigenvalue weighted by Crippen LogP contribution is -2.00. The van der Waals surface area contributed by atoms with Crippen molar-refractivity contribution < 1.29 is 9.90 Å². The molecule has 2 aromatic heterocycles. The first-order chi connectivity index (χ1) is 13.6. The zero-order valence-electron chi connectivity index (χ0n) is 14.6. The summed E-state index contributed by atoms with van der Waals surface area (Å²) in [4.78, 5) is 15.4. The zero-order valence-corrected chi connectivity index (χ0v) is 15.3. The van der Waals surface area contributed by atoms with Crippen molar-refractivity contribution in [3.05, 3.63) is 83.5 Å². The van der Waals surface area contributed by atoms with E-state index in [9.17, 15) is 9.90 Å². The Labute approximate surface area is 164 Å². The van der Waals surface area contributed by atoms with E-state index >= 15 is 0 Å². The number of fused-ring (bicyclic) bond motifs is 2. The highest BCUT2D eigenvalue weighted by Crippen LogP contribution is 2.32. The molecular formula is C22H14ClN3O2. The van der Waals surface area contributed by atoms with Crippen LogP contribution in [0.2, 0.25) is 5.02 Å². The summed E-state index contributed by atoms with van der Waals surface area (Å²) in [6.45, 7) is 0. The maximum absolute atomic E-state index is 12.1. The van der Waals surface area contributed by atoms with E-state index in [0.717, 1.165) is 22.3 Å². The van der Waals surface area contributed by atoms with Gasteiger partial charge in [-0.2, -0.15) is 5.10 Å². The summed E-state index contributed by atoms with van der Waals surface area (Å²) in [5, 5.41) is 16.7. The van der Waals surface area contributed by atoms with Crippen molar-refractivity contribution >= 4 is 39.4 Å². The molecule has 0 bridgehead atoms. The molecule has 0 amide bonds. The fraction of sp³-hybridized carbons (Fsp3) is 0. The lowest BCUT2D eigenvalue weighted by molar-refractivity contribution is 0.0700. The van der Waals surface area contributed by atoms with Crippen LogP contribution in [0.25, 0.3) is 38.8 Å². The Balaban J connectivity index is 1.73. The number of para-hydroxylation sites is 1. The van der Waals surface area contributed by atoms with Gasteiger partial charge in [0, 0.05) is 27.5 Å². The normalized spacial score (nSPS) is 11.3. The Bertz CT molecular complexity index is 1330. The van der Waals surface area contributed by atoms with Crippen molar-refractivity contribution in [1.29, 1.82) is 0 Å². The van der Waals surface area contributed by atoms with Crippen molar-refractivity contribution in [2.75, 3.05) is 0 Å². The van der Waals surface area contributed by atoms with Crippen LogP contribution in [0.3, 0.4) is 0 Å². The van der Waals surface area contributed by atoms with Gasteiger partial charge in [0.15, 0.2) is 0 Å². The molecule has 0 saturated heterocycles. The summed E-state index contributed by atoms with van der Waals surface area (Å²) in [7, 11) is 0. The lowest BCUT2D eigenvalue weighted by Gasteiger charge is -2.07. The molecule has 2 heterocycles. The molecule has 5 nitrogen and oxygen atoms in total. The molecule has 6 heteroatoms. The van der Waals surface area contributed by atoms with Crippen molar-refractivity contribution in [1.82, 2.24) is 14.8 Å². The minimum atomic E-state index is -1.00. The van der Waals surface area contributed by atoms with Crippen LogP contribution in [0.1, 0.15) is 10.4 Å². The summed E-state index contributed by atoms with van der Waals surface area (Å²) in [6, 6.07) is 20.7. The van der Waals surface area contributed by atoms with Crippen molar-refractivity contribution in [3.63, 3.8) is 0 Å². The number of aromatic nitrogens is 3. The number of nitrogens with zero attached hydrogens (tertiary/aromatic N) is 2. The Morgan fingerprint density at radius 1 is 1.04 bits per heavy atom. The molecule has 5 rings (SSSR count). The first-order valence-corrected chi connectivity index (χ1v) is 9.08. The number of hydrogen-bond acceptors (Lipinski definition) is 2. The number of carboxylic acid groups (broad SMARTS) is 1. The van der Waals surface area contributed by atoms with Crippen LogP contribution < -0.4 is 0 Å². The molecule has 0 atom stereocenters. The van der Waals surface area contributed by atoms with Crippen LogP contribution in [0.4, 0.5) is 0 Å². The Kier molecular flexibility index (Phi) is 3.70. The highest BCUT2D eigenvalue weighted by Gasteiger charge is 2.19. The van der Waals surface area contributed by atoms with Gasteiger partial charge >= 0.3 is 5.97 Å². The monoisotopic (exact) mass is 387 g/mol. The number of hydrogen-bond donors (Lipinski definition) is 2. The maximum atomic E-state index is 12.1. The molecule has 3 aromatic carbocycles. The molecule has 2 N–H and O–H groups in total. The quantitative estimate of drug-likeness (QED) is 0.428. The summed E-state index contributed by atoms with van der Waals surface area (Å²) in [6.07, 6.45) is 1.75. The lowest BCUT2D eigenvalue weighted by atomic mass is 9.97. The number of nitrogens with one attached hydrogen (secondary N) is 1. The highest BCUT2D eigenvalue weighted by molar-refractivity contribution is 6.31. The van der Waals surface area contributed by atoms with E-state index in [1.54, 1.807) is 35.1 Å². The van der Waals surface area contributed by atoms with Gasteiger partial charge in [0.2, 0.25) is 0 Å². The van der Waals surface area contributed by atoms with Gasteiger partial charge < -0.3 is 10.1 Å². The van der Waals surface area contributed by atoms with E-state index in [1.165, 1.54) is 0 Å². The first-order valence-electron chi connectivity index (χ1n) is 8.70. The summed E-state index contributed by atoms with van der Waals surface area (Å²) < 4.78 is 1.68. The summed E-state index contributed by atoms with van der Waals surface area (Å²) >= 11 is 6.10. The van der Waals surface area contributed by atoms with Crippen LogP contribution in [-0.2, 0) is 0 Å². The van der Waals surface area contributed by atoms with Gasteiger partial charge in [-0.3, -0.25) is 0 Å². The molecule has 0 saturated carbocycles. The third kappa shape index (κ3) is 2.64. The van der Waals surface area contributed by atoms with E-state index < -0.39 is 5.97 Å². The molecule has 5 aromatic rings. The van der Waals surface area contributed by atoms with Gasteiger partial charge in [-0.15, -0.1) is 0 Å². The second-order valence-electron chi connectivity index (χ2n) is 6.55. The largest absolute Gasteiger partial charge is 0.478 e. The number of benzene rings is 3. The smallest absolute Gasteiger partial charge is 0.337 e. The number of aromatic amines is 1. The van der Waals surface area contributed by atoms with Crippen molar-refractivity contribution in [2.24, 2.45) is 0 Å². The average Bonchev–Trinajstić information content (AvgIpc) is 3.30. The van der Waals surface area contributed by atoms with Gasteiger partial charge in [-0.05, 0) is 41.5 Å². The molecule has 0 aliphatic rings. The third-order valence-electron chi connectivity index (χ3n) is 4.80. The van der Waals surface area contributed by atoms with Gasteiger partial charge in [0.1, 0.15) is 5.82 Å². The topological polar surface area (TPSA) is 70.9 Å². The van der Waals surface area contributed by atoms with Gasteiger partial charge in [0.25, 0.3) is 0 Å². The Morgan fingerprint density at radius 3 is 2.68 bits per heavy atom. The second kappa shape index (κ2) is 6.25. The average molecular weight is 388 g/mol. The van der Waals surface area contributed by atoms with Gasteiger partial charge in [-0.1, -0.05) is 48.0 Å². The maximum Gasteiger partial charge on any atom is 0.337 e. The number of H-pyrrole nitrogens is 1. The van der Waals surface area contributed by atoms with Crippen LogP contribution in [0.15, 0.2) is 72.9 Å². The van der Waals surface area contributed by atoms with Gasteiger partial charge in [0.05, 0.1) is 11.1 Å². The molecule has 0 aliphatic carbocycles. The summed E-state index contributed by atoms with van der Waals surface area (Å²) in [5.41, 5.74) is 3.18. The number of aromatic carboxylic acids is 1. The van der Waals surface area contributed by atoms with Crippen molar-refractivity contribution in [2.45, 2.75) is 0 Å². The fourth-order valence-electron chi connectivity index (χ4n) is 3.53. The van der Waals surface area contributed by atoms with E-state index in [4.69, 9.17) is 11.6 Å². The molecule has 0 fully saturated rings. The fourth-order valence-corrected chi connectivity index (χ4v) is 3.72. The van der Waals surface area contributed by atoms with Crippen molar-refractivity contribution in [3.8, 4) is 16.9 Å². The third-order valence-corrected chi connectivity index (χ3v) is 5.04. The van der Waals surface area contributed by atoms with E-state index in [-0.39, 0.29) is 5.56 Å². The Morgan fingerprint density at radius 2 is 1.89 bits per heavy atom. The zero-order chi connectivity index (χ0) is 19.3. The predicted molar refractivity (Wildman–Crippen MR) is 110 cm³/mol. The molecule has 0 radical (unpaired) electrons. The van der Waals surface area contributed by atoms with Crippen LogP contribution >= 0.6 is 11.6 Å². The van der Waals surface area contributed by atoms with Crippen LogP contribution in [0, 0.1) is 0 Å². The molecular weight excluding hydrogens is 374 g/mol. The highest BCUT2D eigenvalue weighted by atomic mass is 35.5. The predicted octanol–water partition coefficient (Wildman–Crippen LogP) is 5.53. The minimum Gasteiger partial charge on any atom is -0.478 e. The standard InChI is InChI=1S/C22H14ClN3O2/c23-15-6-3-5-13(10-15)16-8-9-19-17(21(16)22(27)28)12-26(25-19)20-11-14-4-1-2-7-18(14)24-20/h1-12,24H,(H,27,28). The molecule has 0 aliphatic heterocycles. The van der Waals surface area contributed by atoms with Crippen LogP contribution in [0.5, 0.6) is 0 Å². The second-order valence-corrected chi connectivity index (χ2v) is 6.99. The molecule has 28 heavy (non-hydrogen) atoms. The Hall–Kier alpha value is -3.57. The van der Waals surface area contributed by atoms with E-state index in [0.29, 0.717) is 21.5 Å². The van der Waals surface area contributed by atoms with Gasteiger partial charge in [-0.25, -0.2) is 9.48 Å². The minimum absolute atomic E-state index is 0.210.